The Hall–Kier alpha value is -0.740. The molecule has 0 aliphatic carbocycles. The third kappa shape index (κ3) is 2.50. The van der Waals surface area contributed by atoms with Crippen LogP contribution in [0.2, 0.25) is 0 Å². The molecule has 0 N–H and O–H groups in total. The summed E-state index contributed by atoms with van der Waals surface area (Å²) in [6.45, 7) is 4.37. The van der Waals surface area contributed by atoms with E-state index in [1.807, 2.05) is 18.7 Å². The van der Waals surface area contributed by atoms with Crippen LogP contribution in [0.5, 0.6) is 0 Å². The van der Waals surface area contributed by atoms with Gasteiger partial charge in [0.2, 0.25) is 0 Å². The number of halogens is 1. The zero-order valence-corrected chi connectivity index (χ0v) is 12.5. The first kappa shape index (κ1) is 13.7. The molecule has 0 atom stereocenters. The van der Waals surface area contributed by atoms with Crippen LogP contribution in [0.4, 0.5) is 5.82 Å². The lowest BCUT2D eigenvalue weighted by Crippen LogP contribution is -2.42. The number of likely N-dealkylation sites (tertiary alicyclic amines) is 1. The molecular formula is C13H23ClN4. The van der Waals surface area contributed by atoms with Crippen LogP contribution in [-0.2, 0) is 12.9 Å². The first-order chi connectivity index (χ1) is 8.54. The summed E-state index contributed by atoms with van der Waals surface area (Å²) in [5.41, 5.74) is 2.21. The minimum atomic E-state index is 0.534. The third-order valence-corrected chi connectivity index (χ3v) is 4.28. The quantitative estimate of drug-likeness (QED) is 0.786. The summed E-state index contributed by atoms with van der Waals surface area (Å²) >= 11 is 6.07. The van der Waals surface area contributed by atoms with E-state index in [2.05, 4.69) is 29.0 Å². The third-order valence-electron chi connectivity index (χ3n) is 4.02. The van der Waals surface area contributed by atoms with E-state index in [1.165, 1.54) is 37.3 Å². The molecule has 1 fully saturated rings. The van der Waals surface area contributed by atoms with Gasteiger partial charge in [0.1, 0.15) is 5.82 Å². The smallest absolute Gasteiger partial charge is 0.131 e. The molecule has 102 valence electrons. The van der Waals surface area contributed by atoms with Gasteiger partial charge in [-0.2, -0.15) is 5.10 Å². The molecule has 1 aliphatic heterocycles. The van der Waals surface area contributed by atoms with E-state index in [9.17, 15) is 0 Å². The standard InChI is InChI=1S/C13H23ClN4/c1-10-12(9-14)13(18(4)15-10)17(3)11-5-7-16(2)8-6-11/h11H,5-9H2,1-4H3. The Morgan fingerprint density at radius 2 is 1.94 bits per heavy atom. The van der Waals surface area contributed by atoms with Crippen molar-refractivity contribution in [3.05, 3.63) is 11.3 Å². The molecule has 18 heavy (non-hydrogen) atoms. The first-order valence-corrected chi connectivity index (χ1v) is 7.07. The van der Waals surface area contributed by atoms with Crippen LogP contribution in [0.1, 0.15) is 24.1 Å². The topological polar surface area (TPSA) is 24.3 Å². The summed E-state index contributed by atoms with van der Waals surface area (Å²) in [4.78, 5) is 4.76. The largest absolute Gasteiger partial charge is 0.357 e. The molecule has 0 radical (unpaired) electrons. The van der Waals surface area contributed by atoms with Crippen molar-refractivity contribution in [1.29, 1.82) is 0 Å². The molecule has 1 aliphatic rings. The molecule has 0 amide bonds. The highest BCUT2D eigenvalue weighted by molar-refractivity contribution is 6.17. The molecule has 4 nitrogen and oxygen atoms in total. The fourth-order valence-corrected chi connectivity index (χ4v) is 3.16. The van der Waals surface area contributed by atoms with Crippen molar-refractivity contribution in [2.45, 2.75) is 31.7 Å². The van der Waals surface area contributed by atoms with Crippen LogP contribution in [0.25, 0.3) is 0 Å². The van der Waals surface area contributed by atoms with Crippen LogP contribution in [0.15, 0.2) is 0 Å². The van der Waals surface area contributed by atoms with Gasteiger partial charge in [0.05, 0.1) is 11.6 Å². The van der Waals surface area contributed by atoms with Crippen LogP contribution >= 0.6 is 11.6 Å². The number of nitrogens with zero attached hydrogens (tertiary/aromatic N) is 4. The van der Waals surface area contributed by atoms with Crippen LogP contribution in [-0.4, -0.2) is 47.9 Å². The summed E-state index contributed by atoms with van der Waals surface area (Å²) in [7, 11) is 6.36. The molecule has 1 saturated heterocycles. The van der Waals surface area contributed by atoms with Crippen molar-refractivity contribution < 1.29 is 0 Å². The lowest BCUT2D eigenvalue weighted by molar-refractivity contribution is 0.252. The molecular weight excluding hydrogens is 248 g/mol. The van der Waals surface area contributed by atoms with Gasteiger partial charge in [0.15, 0.2) is 0 Å². The maximum atomic E-state index is 6.07. The zero-order valence-electron chi connectivity index (χ0n) is 11.8. The van der Waals surface area contributed by atoms with E-state index >= 15 is 0 Å². The Kier molecular flexibility index (Phi) is 4.17. The van der Waals surface area contributed by atoms with E-state index in [0.29, 0.717) is 11.9 Å². The van der Waals surface area contributed by atoms with E-state index in [0.717, 1.165) is 5.69 Å². The minimum Gasteiger partial charge on any atom is -0.357 e. The Bertz CT molecular complexity index is 407. The molecule has 5 heteroatoms. The Labute approximate surface area is 115 Å². The van der Waals surface area contributed by atoms with Gasteiger partial charge in [0, 0.05) is 25.7 Å². The molecule has 2 heterocycles. The number of hydrogen-bond donors (Lipinski definition) is 0. The van der Waals surface area contributed by atoms with Crippen molar-refractivity contribution in [1.82, 2.24) is 14.7 Å². The van der Waals surface area contributed by atoms with E-state index in [1.54, 1.807) is 0 Å². The molecule has 2 rings (SSSR count). The number of anilines is 1. The van der Waals surface area contributed by atoms with Crippen molar-refractivity contribution in [3.8, 4) is 0 Å². The van der Waals surface area contributed by atoms with Crippen LogP contribution in [0.3, 0.4) is 0 Å². The van der Waals surface area contributed by atoms with Gasteiger partial charge in [-0.1, -0.05) is 0 Å². The molecule has 0 spiro atoms. The van der Waals surface area contributed by atoms with Crippen LogP contribution in [0, 0.1) is 6.92 Å². The normalized spacial score (nSPS) is 18.3. The summed E-state index contributed by atoms with van der Waals surface area (Å²) in [5, 5.41) is 4.49. The maximum absolute atomic E-state index is 6.07. The Balaban J connectivity index is 2.20. The summed E-state index contributed by atoms with van der Waals surface area (Å²) in [6, 6.07) is 0.595. The Morgan fingerprint density at radius 3 is 2.50 bits per heavy atom. The van der Waals surface area contributed by atoms with E-state index < -0.39 is 0 Å². The second-order valence-electron chi connectivity index (χ2n) is 5.29. The molecule has 0 aromatic carbocycles. The number of alkyl halides is 1. The van der Waals surface area contributed by atoms with Gasteiger partial charge in [-0.3, -0.25) is 4.68 Å². The zero-order chi connectivity index (χ0) is 13.3. The average Bonchev–Trinajstić information content (AvgIpc) is 2.63. The molecule has 0 unspecified atom stereocenters. The summed E-state index contributed by atoms with van der Waals surface area (Å²) in [6.07, 6.45) is 2.41. The van der Waals surface area contributed by atoms with Crippen LogP contribution < -0.4 is 4.90 Å². The van der Waals surface area contributed by atoms with Crippen molar-refractivity contribution in [3.63, 3.8) is 0 Å². The van der Waals surface area contributed by atoms with Gasteiger partial charge >= 0.3 is 0 Å². The average molecular weight is 271 g/mol. The first-order valence-electron chi connectivity index (χ1n) is 6.54. The second kappa shape index (κ2) is 5.49. The Morgan fingerprint density at radius 1 is 1.33 bits per heavy atom. The van der Waals surface area contributed by atoms with Gasteiger partial charge in [-0.25, -0.2) is 0 Å². The summed E-state index contributed by atoms with van der Waals surface area (Å²) < 4.78 is 1.96. The summed E-state index contributed by atoms with van der Waals surface area (Å²) in [5.74, 6) is 1.71. The van der Waals surface area contributed by atoms with Crippen molar-refractivity contribution >= 4 is 17.4 Å². The fraction of sp³-hybridized carbons (Fsp3) is 0.769. The maximum Gasteiger partial charge on any atom is 0.131 e. The van der Waals surface area contributed by atoms with Gasteiger partial charge in [-0.05, 0) is 39.9 Å². The minimum absolute atomic E-state index is 0.534. The molecule has 0 saturated carbocycles. The SMILES string of the molecule is Cc1nn(C)c(N(C)C2CCN(C)CC2)c1CCl. The molecule has 1 aromatic heterocycles. The van der Waals surface area contributed by atoms with Crippen molar-refractivity contribution in [2.24, 2.45) is 7.05 Å². The number of aryl methyl sites for hydroxylation is 2. The van der Waals surface area contributed by atoms with Gasteiger partial charge in [-0.15, -0.1) is 11.6 Å². The van der Waals surface area contributed by atoms with E-state index in [4.69, 9.17) is 11.6 Å². The predicted molar refractivity (Wildman–Crippen MR) is 76.4 cm³/mol. The van der Waals surface area contributed by atoms with Crippen molar-refractivity contribution in [2.75, 3.05) is 32.1 Å². The predicted octanol–water partition coefficient (Wildman–Crippen LogP) is 2.00. The molecule has 1 aromatic rings. The highest BCUT2D eigenvalue weighted by Crippen LogP contribution is 2.28. The number of hydrogen-bond acceptors (Lipinski definition) is 3. The number of piperidine rings is 1. The second-order valence-corrected chi connectivity index (χ2v) is 5.56. The lowest BCUT2D eigenvalue weighted by atomic mass is 10.0. The molecule has 0 bridgehead atoms. The highest BCUT2D eigenvalue weighted by Gasteiger charge is 2.25. The van der Waals surface area contributed by atoms with E-state index in [-0.39, 0.29) is 0 Å². The lowest BCUT2D eigenvalue weighted by Gasteiger charge is -2.36. The number of aromatic nitrogens is 2. The highest BCUT2D eigenvalue weighted by atomic mass is 35.5. The monoisotopic (exact) mass is 270 g/mol. The fourth-order valence-electron chi connectivity index (χ4n) is 2.84. The van der Waals surface area contributed by atoms with Gasteiger partial charge in [0.25, 0.3) is 0 Å². The number of rotatable bonds is 3. The van der Waals surface area contributed by atoms with Gasteiger partial charge < -0.3 is 9.80 Å².